The van der Waals surface area contributed by atoms with Gasteiger partial charge >= 0.3 is 0 Å². The summed E-state index contributed by atoms with van der Waals surface area (Å²) in [4.78, 5) is 6.49. The van der Waals surface area contributed by atoms with Crippen molar-refractivity contribution < 1.29 is 0 Å². The van der Waals surface area contributed by atoms with Crippen molar-refractivity contribution in [1.82, 2.24) is 5.32 Å². The van der Waals surface area contributed by atoms with Gasteiger partial charge in [0.2, 0.25) is 0 Å². The van der Waals surface area contributed by atoms with Crippen molar-refractivity contribution in [2.24, 2.45) is 4.99 Å². The number of anilines is 1. The minimum Gasteiger partial charge on any atom is -0.372 e. The summed E-state index contributed by atoms with van der Waals surface area (Å²) in [5.74, 6) is 0. The van der Waals surface area contributed by atoms with Crippen molar-refractivity contribution in [3.8, 4) is 0 Å². The van der Waals surface area contributed by atoms with E-state index in [1.165, 1.54) is 5.69 Å². The van der Waals surface area contributed by atoms with Crippen LogP contribution in [-0.4, -0.2) is 19.4 Å². The first-order chi connectivity index (χ1) is 6.85. The lowest BCUT2D eigenvalue weighted by Crippen LogP contribution is -2.21. The highest BCUT2D eigenvalue weighted by Crippen LogP contribution is 2.32. The summed E-state index contributed by atoms with van der Waals surface area (Å²) in [6, 6.07) is 6.22. The Labute approximate surface area is 84.5 Å². The lowest BCUT2D eigenvalue weighted by atomic mass is 10.2. The molecule has 3 nitrogen and oxygen atoms in total. The molecule has 0 atom stereocenters. The highest BCUT2D eigenvalue weighted by Gasteiger charge is 2.09. The Balaban J connectivity index is 2.31. The fraction of sp³-hybridized carbons (Fsp3) is 0.364. The lowest BCUT2D eigenvalue weighted by molar-refractivity contribution is 0.866. The Bertz CT molecular complexity index is 354. The molecule has 0 aliphatic carbocycles. The average Bonchev–Trinajstić information content (AvgIpc) is 2.66. The molecule has 14 heavy (non-hydrogen) atoms. The molecule has 1 aromatic carbocycles. The van der Waals surface area contributed by atoms with Crippen molar-refractivity contribution in [1.29, 1.82) is 0 Å². The number of hydrogen-bond acceptors (Lipinski definition) is 2. The van der Waals surface area contributed by atoms with Crippen LogP contribution in [0.15, 0.2) is 23.2 Å². The van der Waals surface area contributed by atoms with Gasteiger partial charge in [0.1, 0.15) is 6.34 Å². The number of aliphatic imine (C=N–C) groups is 1. The maximum Gasteiger partial charge on any atom is 0.116 e. The molecule has 0 bridgehead atoms. The Morgan fingerprint density at radius 1 is 1.14 bits per heavy atom. The summed E-state index contributed by atoms with van der Waals surface area (Å²) in [6.07, 6.45) is 1.61. The highest BCUT2D eigenvalue weighted by molar-refractivity contribution is 5.83. The Morgan fingerprint density at radius 3 is 2.64 bits per heavy atom. The molecular formula is C11H14N3. The number of fused-ring (bicyclic) bond motifs is 1. The number of nitrogens with zero attached hydrogens (tertiary/aromatic N) is 3. The standard InChI is InChI=1S/C11H14N3/c1-3-14(4-2)9-5-6-10-11(7-9)13-8-12-10/h5-8H,3-4H2,1-2H3. The maximum atomic E-state index is 4.19. The van der Waals surface area contributed by atoms with E-state index in [2.05, 4.69) is 41.2 Å². The van der Waals surface area contributed by atoms with Crippen LogP contribution >= 0.6 is 0 Å². The van der Waals surface area contributed by atoms with E-state index in [9.17, 15) is 0 Å². The van der Waals surface area contributed by atoms with Crippen molar-refractivity contribution >= 4 is 23.4 Å². The molecule has 1 aliphatic heterocycles. The molecule has 1 heterocycles. The van der Waals surface area contributed by atoms with Gasteiger partial charge in [-0.3, -0.25) is 0 Å². The third-order valence-electron chi connectivity index (χ3n) is 2.48. The van der Waals surface area contributed by atoms with E-state index in [1.807, 2.05) is 6.07 Å². The van der Waals surface area contributed by atoms with E-state index in [1.54, 1.807) is 6.34 Å². The van der Waals surface area contributed by atoms with Crippen LogP contribution in [0.5, 0.6) is 0 Å². The molecule has 73 valence electrons. The van der Waals surface area contributed by atoms with Crippen LogP contribution in [0, 0.1) is 0 Å². The predicted octanol–water partition coefficient (Wildman–Crippen LogP) is 2.44. The van der Waals surface area contributed by atoms with Crippen molar-refractivity contribution in [2.75, 3.05) is 18.0 Å². The molecule has 0 aromatic heterocycles. The van der Waals surface area contributed by atoms with Gasteiger partial charge in [0.25, 0.3) is 0 Å². The fourth-order valence-electron chi connectivity index (χ4n) is 1.66. The molecule has 0 saturated heterocycles. The molecule has 1 aromatic rings. The van der Waals surface area contributed by atoms with Crippen molar-refractivity contribution in [3.05, 3.63) is 18.2 Å². The van der Waals surface area contributed by atoms with E-state index in [4.69, 9.17) is 0 Å². The van der Waals surface area contributed by atoms with Gasteiger partial charge in [-0.15, -0.1) is 0 Å². The van der Waals surface area contributed by atoms with Gasteiger partial charge in [-0.05, 0) is 32.0 Å². The van der Waals surface area contributed by atoms with E-state index in [0.717, 1.165) is 24.5 Å². The van der Waals surface area contributed by atoms with Gasteiger partial charge in [-0.1, -0.05) is 0 Å². The van der Waals surface area contributed by atoms with Gasteiger partial charge < -0.3 is 4.90 Å². The molecule has 1 aliphatic rings. The zero-order valence-corrected chi connectivity index (χ0v) is 8.57. The third kappa shape index (κ3) is 1.45. The van der Waals surface area contributed by atoms with E-state index >= 15 is 0 Å². The summed E-state index contributed by atoms with van der Waals surface area (Å²) in [6.45, 7) is 6.36. The molecule has 0 amide bonds. The topological polar surface area (TPSA) is 29.7 Å². The van der Waals surface area contributed by atoms with E-state index < -0.39 is 0 Å². The predicted molar refractivity (Wildman–Crippen MR) is 59.9 cm³/mol. The second-order valence-corrected chi connectivity index (χ2v) is 3.22. The molecule has 0 spiro atoms. The summed E-state index contributed by atoms with van der Waals surface area (Å²) in [7, 11) is 0. The van der Waals surface area contributed by atoms with Crippen LogP contribution in [0.4, 0.5) is 17.1 Å². The van der Waals surface area contributed by atoms with Crippen LogP contribution < -0.4 is 10.2 Å². The second-order valence-electron chi connectivity index (χ2n) is 3.22. The normalized spacial score (nSPS) is 12.4. The first-order valence-electron chi connectivity index (χ1n) is 4.97. The van der Waals surface area contributed by atoms with E-state index in [0.29, 0.717) is 0 Å². The summed E-state index contributed by atoms with van der Waals surface area (Å²) in [5.41, 5.74) is 3.18. The average molecular weight is 188 g/mol. The Hall–Kier alpha value is -1.51. The molecular weight excluding hydrogens is 174 g/mol. The number of benzene rings is 1. The SMILES string of the molecule is CCN(CC)c1ccc2c(c1)N=C[N]2. The smallest absolute Gasteiger partial charge is 0.116 e. The first-order valence-corrected chi connectivity index (χ1v) is 4.97. The summed E-state index contributed by atoms with van der Waals surface area (Å²) < 4.78 is 0. The van der Waals surface area contributed by atoms with Gasteiger partial charge in [-0.2, -0.15) is 0 Å². The number of rotatable bonds is 3. The van der Waals surface area contributed by atoms with Crippen LogP contribution in [0.1, 0.15) is 13.8 Å². The molecule has 0 saturated carbocycles. The minimum absolute atomic E-state index is 0.973. The van der Waals surface area contributed by atoms with Crippen LogP contribution in [0.3, 0.4) is 0 Å². The molecule has 0 fully saturated rings. The quantitative estimate of drug-likeness (QED) is 0.716. The van der Waals surface area contributed by atoms with Crippen molar-refractivity contribution in [2.45, 2.75) is 13.8 Å². The minimum atomic E-state index is 0.973. The first kappa shape index (κ1) is 9.06. The van der Waals surface area contributed by atoms with Gasteiger partial charge in [-0.25, -0.2) is 10.3 Å². The maximum absolute atomic E-state index is 4.19. The zero-order chi connectivity index (χ0) is 9.97. The lowest BCUT2D eigenvalue weighted by Gasteiger charge is -2.21. The van der Waals surface area contributed by atoms with Gasteiger partial charge in [0.15, 0.2) is 0 Å². The summed E-state index contributed by atoms with van der Waals surface area (Å²) in [5, 5.41) is 4.14. The third-order valence-corrected chi connectivity index (χ3v) is 2.48. The monoisotopic (exact) mass is 188 g/mol. The number of hydrogen-bond donors (Lipinski definition) is 0. The molecule has 3 heteroatoms. The Kier molecular flexibility index (Phi) is 2.39. The second kappa shape index (κ2) is 3.70. The van der Waals surface area contributed by atoms with Gasteiger partial charge in [0, 0.05) is 18.8 Å². The molecule has 0 N–H and O–H groups in total. The van der Waals surface area contributed by atoms with Crippen molar-refractivity contribution in [3.63, 3.8) is 0 Å². The highest BCUT2D eigenvalue weighted by atomic mass is 15.1. The zero-order valence-electron chi connectivity index (χ0n) is 8.57. The van der Waals surface area contributed by atoms with Crippen LogP contribution in [0.2, 0.25) is 0 Å². The molecule has 1 radical (unpaired) electrons. The van der Waals surface area contributed by atoms with Crippen LogP contribution in [0.25, 0.3) is 0 Å². The molecule has 0 unspecified atom stereocenters. The van der Waals surface area contributed by atoms with Gasteiger partial charge in [0.05, 0.1) is 11.4 Å². The fourth-order valence-corrected chi connectivity index (χ4v) is 1.66. The summed E-state index contributed by atoms with van der Waals surface area (Å²) >= 11 is 0. The van der Waals surface area contributed by atoms with E-state index in [-0.39, 0.29) is 0 Å². The largest absolute Gasteiger partial charge is 0.372 e. The molecule has 2 rings (SSSR count). The Morgan fingerprint density at radius 2 is 1.93 bits per heavy atom. The van der Waals surface area contributed by atoms with Crippen LogP contribution in [-0.2, 0) is 0 Å².